The molecule has 0 amide bonds. The Balaban J connectivity index is 1.51. The fourth-order valence-corrected chi connectivity index (χ4v) is 3.94. The van der Waals surface area contributed by atoms with Gasteiger partial charge < -0.3 is 10.6 Å². The summed E-state index contributed by atoms with van der Waals surface area (Å²) in [5.74, 6) is 1.11. The lowest BCUT2D eigenvalue weighted by atomic mass is 9.70. The first-order valence-corrected chi connectivity index (χ1v) is 7.69. The van der Waals surface area contributed by atoms with Crippen LogP contribution in [0.2, 0.25) is 0 Å². The van der Waals surface area contributed by atoms with Crippen molar-refractivity contribution in [3.63, 3.8) is 0 Å². The summed E-state index contributed by atoms with van der Waals surface area (Å²) < 4.78 is 0. The summed E-state index contributed by atoms with van der Waals surface area (Å²) in [7, 11) is 0. The number of aryl methyl sites for hydroxylation is 1. The molecule has 2 heterocycles. The molecule has 1 unspecified atom stereocenters. The van der Waals surface area contributed by atoms with Crippen LogP contribution in [-0.4, -0.2) is 28.1 Å². The van der Waals surface area contributed by atoms with Crippen LogP contribution in [0.3, 0.4) is 0 Å². The van der Waals surface area contributed by atoms with Crippen molar-refractivity contribution in [3.05, 3.63) is 17.6 Å². The van der Waals surface area contributed by atoms with Crippen molar-refractivity contribution in [2.45, 2.75) is 62.9 Å². The first kappa shape index (κ1) is 11.6. The Morgan fingerprint density at radius 3 is 3.00 bits per heavy atom. The number of anilines is 1. The van der Waals surface area contributed by atoms with Crippen molar-refractivity contribution in [2.24, 2.45) is 0 Å². The second-order valence-corrected chi connectivity index (χ2v) is 6.40. The zero-order chi connectivity index (χ0) is 12.7. The summed E-state index contributed by atoms with van der Waals surface area (Å²) in [6, 6.07) is 0.584. The van der Waals surface area contributed by atoms with E-state index in [4.69, 9.17) is 0 Å². The summed E-state index contributed by atoms with van der Waals surface area (Å²) >= 11 is 0. The topological polar surface area (TPSA) is 49.8 Å². The minimum Gasteiger partial charge on any atom is -0.367 e. The SMILES string of the molecule is c1nc2c(c(NC3CCNC4(CCC4)C3)n1)CCC2. The number of fused-ring (bicyclic) bond motifs is 1. The van der Waals surface area contributed by atoms with Gasteiger partial charge in [0.15, 0.2) is 0 Å². The normalized spacial score (nSPS) is 27.9. The summed E-state index contributed by atoms with van der Waals surface area (Å²) in [4.78, 5) is 8.90. The van der Waals surface area contributed by atoms with Gasteiger partial charge in [-0.2, -0.15) is 0 Å². The van der Waals surface area contributed by atoms with Crippen LogP contribution >= 0.6 is 0 Å². The van der Waals surface area contributed by atoms with Crippen LogP contribution in [0.5, 0.6) is 0 Å². The van der Waals surface area contributed by atoms with Crippen LogP contribution in [0.15, 0.2) is 6.33 Å². The third-order valence-corrected chi connectivity index (χ3v) is 5.16. The van der Waals surface area contributed by atoms with Gasteiger partial charge in [0.05, 0.1) is 0 Å². The maximum atomic E-state index is 4.49. The highest BCUT2D eigenvalue weighted by Crippen LogP contribution is 2.39. The average molecular weight is 258 g/mol. The van der Waals surface area contributed by atoms with E-state index >= 15 is 0 Å². The number of piperidine rings is 1. The summed E-state index contributed by atoms with van der Waals surface area (Å²) in [6.07, 6.45) is 11.8. The summed E-state index contributed by atoms with van der Waals surface area (Å²) in [5.41, 5.74) is 3.10. The minimum absolute atomic E-state index is 0.451. The molecule has 0 aromatic carbocycles. The lowest BCUT2D eigenvalue weighted by Gasteiger charge is -2.48. The molecule has 1 saturated carbocycles. The van der Waals surface area contributed by atoms with Crippen molar-refractivity contribution in [1.82, 2.24) is 15.3 Å². The standard InChI is InChI=1S/C15H22N4/c1-3-12-13(4-1)16-10-17-14(12)19-11-5-8-18-15(9-11)6-2-7-15/h10-11,18H,1-9H2,(H,16,17,19). The number of hydrogen-bond acceptors (Lipinski definition) is 4. The van der Waals surface area contributed by atoms with Crippen LogP contribution in [0, 0.1) is 0 Å². The van der Waals surface area contributed by atoms with Crippen LogP contribution in [0.1, 0.15) is 49.8 Å². The van der Waals surface area contributed by atoms with Crippen LogP contribution in [-0.2, 0) is 12.8 Å². The first-order chi connectivity index (χ1) is 9.35. The first-order valence-electron chi connectivity index (χ1n) is 7.69. The molecule has 1 spiro atoms. The minimum atomic E-state index is 0.451. The van der Waals surface area contributed by atoms with Gasteiger partial charge in [0, 0.05) is 22.8 Å². The van der Waals surface area contributed by atoms with E-state index < -0.39 is 0 Å². The fourth-order valence-electron chi connectivity index (χ4n) is 3.94. The van der Waals surface area contributed by atoms with Gasteiger partial charge in [-0.05, 0) is 57.9 Å². The molecular formula is C15H22N4. The lowest BCUT2D eigenvalue weighted by Crippen LogP contribution is -2.58. The molecule has 2 N–H and O–H groups in total. The zero-order valence-corrected chi connectivity index (χ0v) is 11.4. The number of nitrogens with one attached hydrogen (secondary N) is 2. The van der Waals surface area contributed by atoms with Gasteiger partial charge in [0.25, 0.3) is 0 Å². The van der Waals surface area contributed by atoms with Crippen LogP contribution in [0.25, 0.3) is 0 Å². The molecule has 0 radical (unpaired) electrons. The Labute approximate surface area is 114 Å². The van der Waals surface area contributed by atoms with Crippen molar-refractivity contribution in [2.75, 3.05) is 11.9 Å². The highest BCUT2D eigenvalue weighted by molar-refractivity contribution is 5.48. The molecule has 1 saturated heterocycles. The van der Waals surface area contributed by atoms with Gasteiger partial charge in [0.1, 0.15) is 12.1 Å². The molecule has 1 aromatic rings. The maximum Gasteiger partial charge on any atom is 0.133 e. The van der Waals surface area contributed by atoms with Crippen molar-refractivity contribution in [1.29, 1.82) is 0 Å². The van der Waals surface area contributed by atoms with E-state index in [0.717, 1.165) is 25.2 Å². The van der Waals surface area contributed by atoms with Crippen molar-refractivity contribution >= 4 is 5.82 Å². The predicted octanol–water partition coefficient (Wildman–Crippen LogP) is 2.05. The average Bonchev–Trinajstić information content (AvgIpc) is 2.87. The maximum absolute atomic E-state index is 4.49. The van der Waals surface area contributed by atoms with E-state index in [2.05, 4.69) is 20.6 Å². The summed E-state index contributed by atoms with van der Waals surface area (Å²) in [6.45, 7) is 1.14. The molecule has 4 rings (SSSR count). The fraction of sp³-hybridized carbons (Fsp3) is 0.733. The highest BCUT2D eigenvalue weighted by atomic mass is 15.1. The van der Waals surface area contributed by atoms with Gasteiger partial charge in [-0.1, -0.05) is 0 Å². The molecule has 4 heteroatoms. The van der Waals surface area contributed by atoms with E-state index in [-0.39, 0.29) is 0 Å². The van der Waals surface area contributed by atoms with Gasteiger partial charge in [-0.3, -0.25) is 0 Å². The second kappa shape index (κ2) is 4.44. The third-order valence-electron chi connectivity index (χ3n) is 5.16. The Morgan fingerprint density at radius 2 is 2.16 bits per heavy atom. The van der Waals surface area contributed by atoms with E-state index in [1.807, 2.05) is 0 Å². The number of hydrogen-bond donors (Lipinski definition) is 2. The summed E-state index contributed by atoms with van der Waals surface area (Å²) in [5, 5.41) is 7.44. The monoisotopic (exact) mass is 258 g/mol. The molecule has 1 aromatic heterocycles. The third kappa shape index (κ3) is 2.02. The Morgan fingerprint density at radius 1 is 1.21 bits per heavy atom. The molecule has 19 heavy (non-hydrogen) atoms. The number of aromatic nitrogens is 2. The Kier molecular flexibility index (Phi) is 2.72. The van der Waals surface area contributed by atoms with Gasteiger partial charge >= 0.3 is 0 Å². The number of rotatable bonds is 2. The van der Waals surface area contributed by atoms with Crippen molar-refractivity contribution < 1.29 is 0 Å². The molecular weight excluding hydrogens is 236 g/mol. The molecule has 102 valence electrons. The molecule has 3 aliphatic rings. The van der Waals surface area contributed by atoms with E-state index in [1.54, 1.807) is 6.33 Å². The molecule has 4 nitrogen and oxygen atoms in total. The van der Waals surface area contributed by atoms with Crippen molar-refractivity contribution in [3.8, 4) is 0 Å². The van der Waals surface area contributed by atoms with Gasteiger partial charge in [-0.25, -0.2) is 9.97 Å². The molecule has 2 fully saturated rings. The largest absolute Gasteiger partial charge is 0.367 e. The quantitative estimate of drug-likeness (QED) is 0.852. The zero-order valence-electron chi connectivity index (χ0n) is 11.4. The van der Waals surface area contributed by atoms with E-state index in [9.17, 15) is 0 Å². The predicted molar refractivity (Wildman–Crippen MR) is 75.3 cm³/mol. The Bertz CT molecular complexity index is 481. The second-order valence-electron chi connectivity index (χ2n) is 6.40. The number of nitrogens with zero attached hydrogens (tertiary/aromatic N) is 2. The smallest absolute Gasteiger partial charge is 0.133 e. The highest BCUT2D eigenvalue weighted by Gasteiger charge is 2.41. The van der Waals surface area contributed by atoms with Gasteiger partial charge in [-0.15, -0.1) is 0 Å². The van der Waals surface area contributed by atoms with Crippen LogP contribution < -0.4 is 10.6 Å². The van der Waals surface area contributed by atoms with E-state index in [0.29, 0.717) is 11.6 Å². The van der Waals surface area contributed by atoms with E-state index in [1.165, 1.54) is 49.8 Å². The molecule has 2 aliphatic carbocycles. The molecule has 1 aliphatic heterocycles. The molecule has 0 bridgehead atoms. The van der Waals surface area contributed by atoms with Gasteiger partial charge in [0.2, 0.25) is 0 Å². The Hall–Kier alpha value is -1.16. The van der Waals surface area contributed by atoms with Crippen LogP contribution in [0.4, 0.5) is 5.82 Å². The lowest BCUT2D eigenvalue weighted by molar-refractivity contribution is 0.135. The molecule has 1 atom stereocenters.